The minimum atomic E-state index is -0.316. The fourth-order valence-electron chi connectivity index (χ4n) is 5.05. The van der Waals surface area contributed by atoms with E-state index < -0.39 is 0 Å². The van der Waals surface area contributed by atoms with Gasteiger partial charge in [0, 0.05) is 12.5 Å². The third kappa shape index (κ3) is 5.60. The summed E-state index contributed by atoms with van der Waals surface area (Å²) in [5.74, 6) is 2.15. The van der Waals surface area contributed by atoms with Gasteiger partial charge in [0.1, 0.15) is 5.76 Å². The Balaban J connectivity index is 1.57. The Labute approximate surface area is 162 Å². The Morgan fingerprint density at radius 3 is 2.44 bits per heavy atom. The van der Waals surface area contributed by atoms with Gasteiger partial charge in [-0.25, -0.2) is 0 Å². The summed E-state index contributed by atoms with van der Waals surface area (Å²) in [5.41, 5.74) is -0.316. The van der Waals surface area contributed by atoms with Crippen LogP contribution in [-0.4, -0.2) is 23.9 Å². The summed E-state index contributed by atoms with van der Waals surface area (Å²) in [6.45, 7) is 5.02. The molecule has 150 valence electrons. The van der Waals surface area contributed by atoms with E-state index in [-0.39, 0.29) is 29.7 Å². The third-order valence-electron chi connectivity index (χ3n) is 6.28. The summed E-state index contributed by atoms with van der Waals surface area (Å²) in [6, 6.07) is 3.62. The SMILES string of the molecule is CC1CC(C)CC(C(=O)NCC2(NC(=O)Cc3ccco3)CCCCC2)C1. The number of furan rings is 1. The summed E-state index contributed by atoms with van der Waals surface area (Å²) in [5, 5.41) is 6.42. The lowest BCUT2D eigenvalue weighted by Gasteiger charge is -2.39. The quantitative estimate of drug-likeness (QED) is 0.795. The van der Waals surface area contributed by atoms with Gasteiger partial charge in [0.2, 0.25) is 11.8 Å². The van der Waals surface area contributed by atoms with Crippen molar-refractivity contribution in [1.82, 2.24) is 10.6 Å². The molecule has 2 aliphatic rings. The van der Waals surface area contributed by atoms with Crippen LogP contribution in [0.5, 0.6) is 0 Å². The van der Waals surface area contributed by atoms with Crippen LogP contribution >= 0.6 is 0 Å². The Hall–Kier alpha value is -1.78. The fourth-order valence-corrected chi connectivity index (χ4v) is 5.05. The minimum absolute atomic E-state index is 0.0268. The van der Waals surface area contributed by atoms with Crippen molar-refractivity contribution in [1.29, 1.82) is 0 Å². The highest BCUT2D eigenvalue weighted by Crippen LogP contribution is 2.33. The standard InChI is InChI=1S/C22H34N2O3/c1-16-11-17(2)13-18(12-16)21(26)23-15-22(8-4-3-5-9-22)24-20(25)14-19-7-6-10-27-19/h6-7,10,16-18H,3-5,8-9,11-15H2,1-2H3,(H,23,26)(H,24,25). The number of rotatable bonds is 6. The molecule has 2 atom stereocenters. The third-order valence-corrected chi connectivity index (χ3v) is 6.28. The summed E-state index contributed by atoms with van der Waals surface area (Å²) in [4.78, 5) is 25.3. The van der Waals surface area contributed by atoms with Gasteiger partial charge in [-0.1, -0.05) is 33.1 Å². The van der Waals surface area contributed by atoms with Gasteiger partial charge in [0.25, 0.3) is 0 Å². The van der Waals surface area contributed by atoms with Crippen molar-refractivity contribution >= 4 is 11.8 Å². The van der Waals surface area contributed by atoms with Crippen LogP contribution in [0.3, 0.4) is 0 Å². The predicted octanol–water partition coefficient (Wildman–Crippen LogP) is 3.83. The Morgan fingerprint density at radius 2 is 1.81 bits per heavy atom. The molecule has 0 bridgehead atoms. The van der Waals surface area contributed by atoms with Crippen LogP contribution in [0.1, 0.15) is 71.0 Å². The zero-order chi connectivity index (χ0) is 19.3. The van der Waals surface area contributed by atoms with E-state index in [4.69, 9.17) is 4.42 Å². The van der Waals surface area contributed by atoms with Gasteiger partial charge in [-0.3, -0.25) is 9.59 Å². The first-order valence-corrected chi connectivity index (χ1v) is 10.6. The zero-order valence-electron chi connectivity index (χ0n) is 16.8. The van der Waals surface area contributed by atoms with Crippen LogP contribution in [0.4, 0.5) is 0 Å². The molecule has 2 saturated carbocycles. The molecule has 1 aromatic heterocycles. The number of carbonyl (C=O) groups is 2. The second kappa shape index (κ2) is 8.94. The van der Waals surface area contributed by atoms with Crippen LogP contribution in [0.25, 0.3) is 0 Å². The van der Waals surface area contributed by atoms with E-state index in [0.29, 0.717) is 24.1 Å². The van der Waals surface area contributed by atoms with Crippen molar-refractivity contribution in [2.24, 2.45) is 17.8 Å². The molecule has 5 nitrogen and oxygen atoms in total. The smallest absolute Gasteiger partial charge is 0.228 e. The Bertz CT molecular complexity index is 610. The first-order chi connectivity index (χ1) is 13.0. The lowest BCUT2D eigenvalue weighted by Crippen LogP contribution is -2.57. The van der Waals surface area contributed by atoms with E-state index in [9.17, 15) is 9.59 Å². The summed E-state index contributed by atoms with van der Waals surface area (Å²) in [7, 11) is 0. The first kappa shape index (κ1) is 20.0. The molecular formula is C22H34N2O3. The van der Waals surface area contributed by atoms with E-state index in [1.165, 1.54) is 12.8 Å². The number of carbonyl (C=O) groups excluding carboxylic acids is 2. The van der Waals surface area contributed by atoms with Crippen molar-refractivity contribution in [2.75, 3.05) is 6.54 Å². The van der Waals surface area contributed by atoms with Crippen LogP contribution < -0.4 is 10.6 Å². The van der Waals surface area contributed by atoms with E-state index >= 15 is 0 Å². The monoisotopic (exact) mass is 374 g/mol. The first-order valence-electron chi connectivity index (χ1n) is 10.6. The molecule has 0 aromatic carbocycles. The molecule has 2 aliphatic carbocycles. The normalized spacial score (nSPS) is 27.7. The molecule has 0 aliphatic heterocycles. The zero-order valence-corrected chi connectivity index (χ0v) is 16.8. The molecular weight excluding hydrogens is 340 g/mol. The van der Waals surface area contributed by atoms with Crippen molar-refractivity contribution in [3.63, 3.8) is 0 Å². The second-order valence-electron chi connectivity index (χ2n) is 8.98. The number of nitrogens with one attached hydrogen (secondary N) is 2. The van der Waals surface area contributed by atoms with Gasteiger partial charge < -0.3 is 15.1 Å². The Kier molecular flexibility index (Phi) is 6.61. The van der Waals surface area contributed by atoms with E-state index in [2.05, 4.69) is 24.5 Å². The molecule has 0 spiro atoms. The van der Waals surface area contributed by atoms with E-state index in [1.807, 2.05) is 6.07 Å². The predicted molar refractivity (Wildman–Crippen MR) is 105 cm³/mol. The lowest BCUT2D eigenvalue weighted by molar-refractivity contribution is -0.128. The van der Waals surface area contributed by atoms with Crippen LogP contribution in [-0.2, 0) is 16.0 Å². The molecule has 1 heterocycles. The Morgan fingerprint density at radius 1 is 1.11 bits per heavy atom. The number of amides is 2. The molecule has 2 N–H and O–H groups in total. The van der Waals surface area contributed by atoms with Crippen molar-refractivity contribution < 1.29 is 14.0 Å². The van der Waals surface area contributed by atoms with Crippen LogP contribution in [0.15, 0.2) is 22.8 Å². The fraction of sp³-hybridized carbons (Fsp3) is 0.727. The highest BCUT2D eigenvalue weighted by Gasteiger charge is 2.35. The molecule has 0 saturated heterocycles. The summed E-state index contributed by atoms with van der Waals surface area (Å²) >= 11 is 0. The molecule has 2 amide bonds. The van der Waals surface area contributed by atoms with Gasteiger partial charge in [0.15, 0.2) is 0 Å². The number of hydrogen-bond donors (Lipinski definition) is 2. The highest BCUT2D eigenvalue weighted by atomic mass is 16.3. The molecule has 2 unspecified atom stereocenters. The largest absolute Gasteiger partial charge is 0.469 e. The van der Waals surface area contributed by atoms with Crippen LogP contribution in [0.2, 0.25) is 0 Å². The maximum atomic E-state index is 12.8. The number of hydrogen-bond acceptors (Lipinski definition) is 3. The van der Waals surface area contributed by atoms with Crippen molar-refractivity contribution in [3.8, 4) is 0 Å². The minimum Gasteiger partial charge on any atom is -0.469 e. The summed E-state index contributed by atoms with van der Waals surface area (Å²) in [6.07, 6.45) is 10.2. The lowest BCUT2D eigenvalue weighted by atomic mass is 9.76. The average molecular weight is 375 g/mol. The van der Waals surface area contributed by atoms with Crippen molar-refractivity contribution in [3.05, 3.63) is 24.2 Å². The van der Waals surface area contributed by atoms with Crippen molar-refractivity contribution in [2.45, 2.75) is 77.2 Å². The van der Waals surface area contributed by atoms with Gasteiger partial charge >= 0.3 is 0 Å². The second-order valence-corrected chi connectivity index (χ2v) is 8.98. The van der Waals surface area contributed by atoms with E-state index in [0.717, 1.165) is 38.5 Å². The van der Waals surface area contributed by atoms with Gasteiger partial charge in [0.05, 0.1) is 18.2 Å². The van der Waals surface area contributed by atoms with Crippen LogP contribution in [0, 0.1) is 17.8 Å². The average Bonchev–Trinajstić information content (AvgIpc) is 3.12. The van der Waals surface area contributed by atoms with Gasteiger partial charge in [-0.2, -0.15) is 0 Å². The molecule has 1 aromatic rings. The molecule has 2 fully saturated rings. The molecule has 3 rings (SSSR count). The van der Waals surface area contributed by atoms with Gasteiger partial charge in [-0.15, -0.1) is 0 Å². The molecule has 0 radical (unpaired) electrons. The highest BCUT2D eigenvalue weighted by molar-refractivity contribution is 5.80. The van der Waals surface area contributed by atoms with Gasteiger partial charge in [-0.05, 0) is 56.1 Å². The topological polar surface area (TPSA) is 71.3 Å². The summed E-state index contributed by atoms with van der Waals surface area (Å²) < 4.78 is 5.29. The molecule has 27 heavy (non-hydrogen) atoms. The maximum absolute atomic E-state index is 12.8. The van der Waals surface area contributed by atoms with E-state index in [1.54, 1.807) is 12.3 Å². The molecule has 5 heteroatoms. The maximum Gasteiger partial charge on any atom is 0.228 e.